The molecule has 0 aliphatic carbocycles. The predicted molar refractivity (Wildman–Crippen MR) is 52.4 cm³/mol. The topological polar surface area (TPSA) is 40.5 Å². The highest BCUT2D eigenvalue weighted by Crippen LogP contribution is 2.19. The summed E-state index contributed by atoms with van der Waals surface area (Å²) in [7, 11) is 0. The molecule has 0 heterocycles. The van der Waals surface area contributed by atoms with E-state index in [0.717, 1.165) is 28.7 Å². The molecule has 0 amide bonds. The molecule has 0 bridgehead atoms. The number of aliphatic hydroxyl groups is 2. The second kappa shape index (κ2) is 4.40. The number of hydrogen-bond donors (Lipinski definition) is 2. The number of benzene rings is 1. The smallest absolute Gasteiger partial charge is 0.0684 e. The van der Waals surface area contributed by atoms with Crippen LogP contribution in [0.2, 0.25) is 0 Å². The summed E-state index contributed by atoms with van der Waals surface area (Å²) < 4.78 is 0. The van der Waals surface area contributed by atoms with E-state index in [2.05, 4.69) is 6.92 Å². The highest BCUT2D eigenvalue weighted by molar-refractivity contribution is 5.39. The maximum Gasteiger partial charge on any atom is 0.0684 e. The Morgan fingerprint density at radius 1 is 1.08 bits per heavy atom. The maximum absolute atomic E-state index is 9.08. The molecule has 0 spiro atoms. The van der Waals surface area contributed by atoms with Gasteiger partial charge in [-0.3, -0.25) is 0 Å². The van der Waals surface area contributed by atoms with Crippen LogP contribution in [0.15, 0.2) is 12.1 Å². The van der Waals surface area contributed by atoms with Crippen LogP contribution in [-0.4, -0.2) is 10.2 Å². The van der Waals surface area contributed by atoms with Crippen LogP contribution in [0.5, 0.6) is 0 Å². The zero-order chi connectivity index (χ0) is 9.84. The van der Waals surface area contributed by atoms with Crippen molar-refractivity contribution >= 4 is 0 Å². The zero-order valence-electron chi connectivity index (χ0n) is 8.17. The van der Waals surface area contributed by atoms with Gasteiger partial charge in [-0.2, -0.15) is 0 Å². The summed E-state index contributed by atoms with van der Waals surface area (Å²) in [6, 6.07) is 3.76. The molecule has 1 aromatic carbocycles. The molecule has 2 N–H and O–H groups in total. The van der Waals surface area contributed by atoms with Crippen LogP contribution >= 0.6 is 0 Å². The van der Waals surface area contributed by atoms with Crippen molar-refractivity contribution in [3.8, 4) is 0 Å². The number of aliphatic hydroxyl groups excluding tert-OH is 2. The SMILES string of the molecule is CCc1c(CO)ccc(CO)c1C. The van der Waals surface area contributed by atoms with Crippen molar-refractivity contribution < 1.29 is 10.2 Å². The third kappa shape index (κ3) is 1.90. The molecular weight excluding hydrogens is 164 g/mol. The van der Waals surface area contributed by atoms with E-state index >= 15 is 0 Å². The first kappa shape index (κ1) is 10.2. The van der Waals surface area contributed by atoms with Crippen molar-refractivity contribution in [2.75, 3.05) is 0 Å². The van der Waals surface area contributed by atoms with Crippen molar-refractivity contribution in [3.63, 3.8) is 0 Å². The fourth-order valence-corrected chi connectivity index (χ4v) is 1.67. The lowest BCUT2D eigenvalue weighted by Gasteiger charge is -2.12. The molecule has 1 rings (SSSR count). The molecule has 72 valence electrons. The zero-order valence-corrected chi connectivity index (χ0v) is 8.17. The molecule has 2 heteroatoms. The fraction of sp³-hybridized carbons (Fsp3) is 0.455. The molecule has 0 saturated carbocycles. The van der Waals surface area contributed by atoms with E-state index < -0.39 is 0 Å². The Morgan fingerprint density at radius 2 is 1.62 bits per heavy atom. The summed E-state index contributed by atoms with van der Waals surface area (Å²) in [5, 5.41) is 18.1. The Labute approximate surface area is 78.8 Å². The molecule has 1 aromatic rings. The molecule has 0 atom stereocenters. The predicted octanol–water partition coefficient (Wildman–Crippen LogP) is 1.54. The summed E-state index contributed by atoms with van der Waals surface area (Å²) >= 11 is 0. The van der Waals surface area contributed by atoms with Gasteiger partial charge in [-0.05, 0) is 35.6 Å². The second-order valence-corrected chi connectivity index (χ2v) is 3.16. The number of rotatable bonds is 3. The average molecular weight is 180 g/mol. The normalized spacial score (nSPS) is 10.5. The molecule has 0 saturated heterocycles. The third-order valence-electron chi connectivity index (χ3n) is 2.50. The van der Waals surface area contributed by atoms with Crippen LogP contribution in [0.3, 0.4) is 0 Å². The van der Waals surface area contributed by atoms with E-state index in [-0.39, 0.29) is 13.2 Å². The van der Waals surface area contributed by atoms with Gasteiger partial charge in [0.2, 0.25) is 0 Å². The van der Waals surface area contributed by atoms with E-state index in [4.69, 9.17) is 10.2 Å². The van der Waals surface area contributed by atoms with Crippen LogP contribution in [0.25, 0.3) is 0 Å². The highest BCUT2D eigenvalue weighted by atomic mass is 16.3. The Kier molecular flexibility index (Phi) is 3.46. The molecule has 2 nitrogen and oxygen atoms in total. The van der Waals surface area contributed by atoms with E-state index in [1.54, 1.807) is 0 Å². The van der Waals surface area contributed by atoms with Crippen LogP contribution in [0, 0.1) is 6.92 Å². The quantitative estimate of drug-likeness (QED) is 0.740. The molecule has 0 fully saturated rings. The monoisotopic (exact) mass is 180 g/mol. The van der Waals surface area contributed by atoms with Crippen LogP contribution in [0.1, 0.15) is 29.2 Å². The van der Waals surface area contributed by atoms with E-state index in [9.17, 15) is 0 Å². The Balaban J connectivity index is 3.23. The van der Waals surface area contributed by atoms with Crippen molar-refractivity contribution in [1.82, 2.24) is 0 Å². The van der Waals surface area contributed by atoms with Gasteiger partial charge in [0.15, 0.2) is 0 Å². The molecule has 0 aromatic heterocycles. The van der Waals surface area contributed by atoms with Gasteiger partial charge in [-0.1, -0.05) is 19.1 Å². The first-order valence-corrected chi connectivity index (χ1v) is 4.56. The molecule has 0 aliphatic rings. The Morgan fingerprint density at radius 3 is 2.08 bits per heavy atom. The minimum absolute atomic E-state index is 0.0740. The maximum atomic E-state index is 9.08. The molecule has 0 aliphatic heterocycles. The molecule has 13 heavy (non-hydrogen) atoms. The number of hydrogen-bond acceptors (Lipinski definition) is 2. The van der Waals surface area contributed by atoms with Crippen LogP contribution in [-0.2, 0) is 19.6 Å². The average Bonchev–Trinajstić information content (AvgIpc) is 2.17. The van der Waals surface area contributed by atoms with Crippen molar-refractivity contribution in [3.05, 3.63) is 34.4 Å². The Bertz CT molecular complexity index is 292. The van der Waals surface area contributed by atoms with Crippen molar-refractivity contribution in [1.29, 1.82) is 0 Å². The van der Waals surface area contributed by atoms with Crippen LogP contribution in [0.4, 0.5) is 0 Å². The lowest BCUT2D eigenvalue weighted by atomic mass is 9.96. The van der Waals surface area contributed by atoms with Gasteiger partial charge >= 0.3 is 0 Å². The third-order valence-corrected chi connectivity index (χ3v) is 2.50. The van der Waals surface area contributed by atoms with Crippen molar-refractivity contribution in [2.24, 2.45) is 0 Å². The first-order chi connectivity index (χ1) is 6.24. The largest absolute Gasteiger partial charge is 0.392 e. The minimum Gasteiger partial charge on any atom is -0.392 e. The van der Waals surface area contributed by atoms with E-state index in [0.29, 0.717) is 0 Å². The fourth-order valence-electron chi connectivity index (χ4n) is 1.67. The van der Waals surface area contributed by atoms with E-state index in [1.807, 2.05) is 19.1 Å². The van der Waals surface area contributed by atoms with Gasteiger partial charge in [0, 0.05) is 0 Å². The van der Waals surface area contributed by atoms with Gasteiger partial charge < -0.3 is 10.2 Å². The van der Waals surface area contributed by atoms with Gasteiger partial charge in [0.05, 0.1) is 13.2 Å². The summed E-state index contributed by atoms with van der Waals surface area (Å²) in [6.45, 7) is 4.20. The van der Waals surface area contributed by atoms with Gasteiger partial charge in [0.1, 0.15) is 0 Å². The Hall–Kier alpha value is -0.860. The summed E-state index contributed by atoms with van der Waals surface area (Å²) in [5.74, 6) is 0. The van der Waals surface area contributed by atoms with E-state index in [1.165, 1.54) is 0 Å². The highest BCUT2D eigenvalue weighted by Gasteiger charge is 2.06. The standard InChI is InChI=1S/C11H16O2/c1-3-11-8(2)9(6-12)4-5-10(11)7-13/h4-5,12-13H,3,6-7H2,1-2H3. The first-order valence-electron chi connectivity index (χ1n) is 4.56. The lowest BCUT2D eigenvalue weighted by molar-refractivity contribution is 0.276. The van der Waals surface area contributed by atoms with Gasteiger partial charge in [-0.15, -0.1) is 0 Å². The molecule has 0 unspecified atom stereocenters. The second-order valence-electron chi connectivity index (χ2n) is 3.16. The summed E-state index contributed by atoms with van der Waals surface area (Å²) in [4.78, 5) is 0. The summed E-state index contributed by atoms with van der Waals surface area (Å²) in [6.07, 6.45) is 0.898. The van der Waals surface area contributed by atoms with Crippen LogP contribution < -0.4 is 0 Å². The molecular formula is C11H16O2. The molecule has 0 radical (unpaired) electrons. The van der Waals surface area contributed by atoms with Gasteiger partial charge in [0.25, 0.3) is 0 Å². The van der Waals surface area contributed by atoms with Crippen molar-refractivity contribution in [2.45, 2.75) is 33.5 Å². The van der Waals surface area contributed by atoms with Gasteiger partial charge in [-0.25, -0.2) is 0 Å². The minimum atomic E-state index is 0.0740. The lowest BCUT2D eigenvalue weighted by Crippen LogP contribution is -2.00. The summed E-state index contributed by atoms with van der Waals surface area (Å²) in [5.41, 5.74) is 4.19.